The van der Waals surface area contributed by atoms with Gasteiger partial charge in [0.25, 0.3) is 0 Å². The van der Waals surface area contributed by atoms with Crippen LogP contribution in [-0.2, 0) is 11.0 Å². The van der Waals surface area contributed by atoms with Crippen molar-refractivity contribution in [2.24, 2.45) is 0 Å². The first-order valence-electron chi connectivity index (χ1n) is 7.96. The fraction of sp³-hybridized carbons (Fsp3) is 0.278. The number of amides is 1. The average molecular weight is 381 g/mol. The minimum absolute atomic E-state index is 0.000469. The van der Waals surface area contributed by atoms with Crippen LogP contribution in [0, 0.1) is 0 Å². The molecule has 0 bridgehead atoms. The molecule has 2 aromatic rings. The molecule has 1 fully saturated rings. The van der Waals surface area contributed by atoms with E-state index in [1.54, 1.807) is 18.2 Å². The Hall–Kier alpha value is -2.35. The molecule has 0 saturated carbocycles. The molecule has 2 aliphatic heterocycles. The third-order valence-electron chi connectivity index (χ3n) is 4.29. The summed E-state index contributed by atoms with van der Waals surface area (Å²) < 4.78 is 53.0. The Bertz CT molecular complexity index is 839. The number of hydrogen-bond acceptors (Lipinski definition) is 4. The number of carbonyl (C=O) groups excluding carboxylic acids is 1. The summed E-state index contributed by atoms with van der Waals surface area (Å²) in [6, 6.07) is 11.2. The summed E-state index contributed by atoms with van der Waals surface area (Å²) in [7, 11) is 0. The molecule has 1 N–H and O–H groups in total. The number of alkyl halides is 3. The lowest BCUT2D eigenvalue weighted by atomic mass is 10.1. The van der Waals surface area contributed by atoms with Crippen LogP contribution in [0.3, 0.4) is 0 Å². The first-order valence-corrected chi connectivity index (χ1v) is 8.84. The summed E-state index contributed by atoms with van der Waals surface area (Å²) in [5.41, 5.74) is 0.597. The van der Waals surface area contributed by atoms with E-state index in [9.17, 15) is 18.0 Å². The van der Waals surface area contributed by atoms with E-state index in [1.165, 1.54) is 18.0 Å². The van der Waals surface area contributed by atoms with E-state index in [0.29, 0.717) is 17.7 Å². The Morgan fingerprint density at radius 2 is 1.92 bits per heavy atom. The van der Waals surface area contributed by atoms with E-state index in [1.807, 2.05) is 12.1 Å². The monoisotopic (exact) mass is 381 g/mol. The van der Waals surface area contributed by atoms with E-state index in [4.69, 9.17) is 9.47 Å². The molecule has 2 aliphatic rings. The van der Waals surface area contributed by atoms with E-state index < -0.39 is 17.8 Å². The van der Waals surface area contributed by atoms with Crippen LogP contribution in [0.5, 0.6) is 11.5 Å². The molecule has 2 atom stereocenters. The number of para-hydroxylation sites is 1. The Balaban J connectivity index is 1.51. The number of ether oxygens (including phenoxy) is 2. The van der Waals surface area contributed by atoms with Gasteiger partial charge in [-0.15, -0.1) is 0 Å². The van der Waals surface area contributed by atoms with Crippen LogP contribution < -0.4 is 14.2 Å². The fourth-order valence-electron chi connectivity index (χ4n) is 3.04. The zero-order chi connectivity index (χ0) is 18.3. The molecule has 2 aromatic carbocycles. The molecule has 8 heteroatoms. The Morgan fingerprint density at radius 3 is 2.58 bits per heavy atom. The quantitative estimate of drug-likeness (QED) is 0.800. The third-order valence-corrected chi connectivity index (χ3v) is 5.36. The SMILES string of the molecule is O=C1CC(c2ccc(OC3COc4c3cccc4C(F)(F)F)cc2)SN1. The second-order valence-corrected chi connectivity index (χ2v) is 7.05. The Kier molecular flexibility index (Phi) is 4.22. The second kappa shape index (κ2) is 6.42. The zero-order valence-corrected chi connectivity index (χ0v) is 14.2. The van der Waals surface area contributed by atoms with E-state index in [-0.39, 0.29) is 23.5 Å². The largest absolute Gasteiger partial charge is 0.488 e. The lowest BCUT2D eigenvalue weighted by Crippen LogP contribution is -2.08. The van der Waals surface area contributed by atoms with Crippen LogP contribution in [0.15, 0.2) is 42.5 Å². The highest BCUT2D eigenvalue weighted by Crippen LogP contribution is 2.44. The molecule has 1 saturated heterocycles. The molecular weight excluding hydrogens is 367 g/mol. The van der Waals surface area contributed by atoms with Gasteiger partial charge >= 0.3 is 6.18 Å². The molecule has 0 aromatic heterocycles. The smallest absolute Gasteiger partial charge is 0.419 e. The van der Waals surface area contributed by atoms with E-state index >= 15 is 0 Å². The van der Waals surface area contributed by atoms with Gasteiger partial charge in [0.15, 0.2) is 6.10 Å². The topological polar surface area (TPSA) is 47.6 Å². The summed E-state index contributed by atoms with van der Waals surface area (Å²) in [6.07, 6.45) is -4.64. The van der Waals surface area contributed by atoms with Crippen LogP contribution in [0.1, 0.15) is 34.5 Å². The average Bonchev–Trinajstić information content (AvgIpc) is 3.21. The van der Waals surface area contributed by atoms with Gasteiger partial charge in [-0.3, -0.25) is 9.52 Å². The summed E-state index contributed by atoms with van der Waals surface area (Å²) in [5, 5.41) is 0.0569. The van der Waals surface area contributed by atoms with Gasteiger partial charge in [0.1, 0.15) is 18.1 Å². The van der Waals surface area contributed by atoms with Crippen LogP contribution in [-0.4, -0.2) is 12.5 Å². The number of benzene rings is 2. The van der Waals surface area contributed by atoms with Gasteiger partial charge in [0.2, 0.25) is 5.91 Å². The van der Waals surface area contributed by atoms with Crippen molar-refractivity contribution in [1.82, 2.24) is 4.72 Å². The maximum atomic E-state index is 13.1. The highest BCUT2D eigenvalue weighted by molar-refractivity contribution is 7.98. The number of rotatable bonds is 3. The normalized spacial score (nSPS) is 21.9. The predicted octanol–water partition coefficient (Wildman–Crippen LogP) is 4.43. The van der Waals surface area contributed by atoms with Gasteiger partial charge in [-0.1, -0.05) is 24.3 Å². The molecule has 4 nitrogen and oxygen atoms in total. The van der Waals surface area contributed by atoms with Crippen LogP contribution >= 0.6 is 11.9 Å². The third kappa shape index (κ3) is 3.21. The van der Waals surface area contributed by atoms with Crippen molar-refractivity contribution in [3.8, 4) is 11.5 Å². The maximum absolute atomic E-state index is 13.1. The van der Waals surface area contributed by atoms with Gasteiger partial charge in [-0.05, 0) is 35.7 Å². The van der Waals surface area contributed by atoms with Crippen molar-refractivity contribution in [3.63, 3.8) is 0 Å². The second-order valence-electron chi connectivity index (χ2n) is 6.04. The highest BCUT2D eigenvalue weighted by atomic mass is 32.2. The summed E-state index contributed by atoms with van der Waals surface area (Å²) in [5.74, 6) is 0.379. The number of fused-ring (bicyclic) bond motifs is 1. The van der Waals surface area contributed by atoms with Crippen molar-refractivity contribution in [2.45, 2.75) is 24.0 Å². The lowest BCUT2D eigenvalue weighted by Gasteiger charge is -2.14. The van der Waals surface area contributed by atoms with Gasteiger partial charge in [-0.2, -0.15) is 13.2 Å². The van der Waals surface area contributed by atoms with Crippen molar-refractivity contribution in [2.75, 3.05) is 6.61 Å². The fourth-order valence-corrected chi connectivity index (χ4v) is 3.92. The van der Waals surface area contributed by atoms with Crippen molar-refractivity contribution < 1.29 is 27.4 Å². The summed E-state index contributed by atoms with van der Waals surface area (Å²) in [6.45, 7) is 0.0288. The predicted molar refractivity (Wildman–Crippen MR) is 89.8 cm³/mol. The molecule has 0 spiro atoms. The zero-order valence-electron chi connectivity index (χ0n) is 13.4. The number of hydrogen-bond donors (Lipinski definition) is 1. The molecule has 2 heterocycles. The van der Waals surface area contributed by atoms with Crippen molar-refractivity contribution >= 4 is 17.9 Å². The van der Waals surface area contributed by atoms with Crippen molar-refractivity contribution in [3.05, 3.63) is 59.2 Å². The van der Waals surface area contributed by atoms with Crippen LogP contribution in [0.2, 0.25) is 0 Å². The molecule has 1 amide bonds. The molecule has 0 aliphatic carbocycles. The molecule has 0 radical (unpaired) electrons. The Morgan fingerprint density at radius 1 is 1.15 bits per heavy atom. The minimum Gasteiger partial charge on any atom is -0.488 e. The standard InChI is InChI=1S/C18H14F3NO3S/c19-18(20,21)13-3-1-2-12-14(9-24-17(12)13)25-11-6-4-10(5-7-11)15-8-16(23)22-26-15/h1-7,14-15H,8-9H2,(H,22,23). The lowest BCUT2D eigenvalue weighted by molar-refractivity contribution is -0.138. The number of nitrogens with one attached hydrogen (secondary N) is 1. The number of halogens is 3. The van der Waals surface area contributed by atoms with Gasteiger partial charge < -0.3 is 9.47 Å². The van der Waals surface area contributed by atoms with Gasteiger partial charge in [0, 0.05) is 12.0 Å². The molecule has 26 heavy (non-hydrogen) atoms. The summed E-state index contributed by atoms with van der Waals surface area (Å²) in [4.78, 5) is 11.3. The van der Waals surface area contributed by atoms with Crippen molar-refractivity contribution in [1.29, 1.82) is 0 Å². The first kappa shape index (κ1) is 17.1. The number of carbonyl (C=O) groups is 1. The van der Waals surface area contributed by atoms with Gasteiger partial charge in [-0.25, -0.2) is 0 Å². The van der Waals surface area contributed by atoms with E-state index in [2.05, 4.69) is 4.72 Å². The first-order chi connectivity index (χ1) is 12.4. The molecule has 4 rings (SSSR count). The highest BCUT2D eigenvalue weighted by Gasteiger charge is 2.39. The van der Waals surface area contributed by atoms with Crippen LogP contribution in [0.25, 0.3) is 0 Å². The maximum Gasteiger partial charge on any atom is 0.419 e. The summed E-state index contributed by atoms with van der Waals surface area (Å²) >= 11 is 1.37. The molecular formula is C18H14F3NO3S. The van der Waals surface area contributed by atoms with E-state index in [0.717, 1.165) is 11.6 Å². The van der Waals surface area contributed by atoms with Gasteiger partial charge in [0.05, 0.1) is 10.8 Å². The molecule has 136 valence electrons. The van der Waals surface area contributed by atoms with Crippen LogP contribution in [0.4, 0.5) is 13.2 Å². The molecule has 2 unspecified atom stereocenters. The minimum atomic E-state index is -4.47. The Labute approximate surface area is 151 Å².